The molecule has 21 heavy (non-hydrogen) atoms. The molecule has 1 aromatic rings. The second-order valence-electron chi connectivity index (χ2n) is 5.28. The summed E-state index contributed by atoms with van der Waals surface area (Å²) in [5.41, 5.74) is 1.13. The molecule has 1 heterocycles. The van der Waals surface area contributed by atoms with Gasteiger partial charge in [-0.1, -0.05) is 19.4 Å². The zero-order valence-corrected chi connectivity index (χ0v) is 12.9. The fraction of sp³-hybridized carbons (Fsp3) is 0.562. The Kier molecular flexibility index (Phi) is 5.87. The van der Waals surface area contributed by atoms with Crippen LogP contribution in [0.4, 0.5) is 0 Å². The Morgan fingerprint density at radius 2 is 2.14 bits per heavy atom. The molecule has 5 heteroatoms. The molecule has 0 aromatic heterocycles. The van der Waals surface area contributed by atoms with Gasteiger partial charge in [0, 0.05) is 33.1 Å². The molecule has 1 aromatic carbocycles. The van der Waals surface area contributed by atoms with E-state index in [0.717, 1.165) is 43.0 Å². The molecule has 1 amide bonds. The third-order valence-corrected chi connectivity index (χ3v) is 3.55. The normalized spacial score (nSPS) is 12.5. The lowest BCUT2D eigenvalue weighted by Gasteiger charge is -2.16. The number of carbonyl (C=O) groups excluding carboxylic acids is 1. The van der Waals surface area contributed by atoms with E-state index in [-0.39, 0.29) is 5.91 Å². The Balaban J connectivity index is 1.66. The number of amides is 1. The molecule has 116 valence electrons. The second kappa shape index (κ2) is 7.88. The largest absolute Gasteiger partial charge is 0.454 e. The quantitative estimate of drug-likeness (QED) is 0.746. The van der Waals surface area contributed by atoms with Crippen LogP contribution in [0.3, 0.4) is 0 Å². The Morgan fingerprint density at radius 3 is 2.95 bits per heavy atom. The minimum atomic E-state index is 0.196. The molecular weight excluding hydrogens is 268 g/mol. The first-order valence-electron chi connectivity index (χ1n) is 7.54. The smallest absolute Gasteiger partial charge is 0.231 e. The maximum absolute atomic E-state index is 11.9. The SMILES string of the molecule is CCCCN(C)C(=O)CCNCc1ccc2c(c1)OCO2. The lowest BCUT2D eigenvalue weighted by atomic mass is 10.2. The highest BCUT2D eigenvalue weighted by molar-refractivity contribution is 5.76. The molecule has 0 unspecified atom stereocenters. The van der Waals surface area contributed by atoms with E-state index < -0.39 is 0 Å². The van der Waals surface area contributed by atoms with Crippen molar-refractivity contribution >= 4 is 5.91 Å². The Bertz CT molecular complexity index is 477. The van der Waals surface area contributed by atoms with E-state index in [2.05, 4.69) is 12.2 Å². The predicted octanol–water partition coefficient (Wildman–Crippen LogP) is 2.15. The van der Waals surface area contributed by atoms with Gasteiger partial charge in [-0.25, -0.2) is 0 Å². The summed E-state index contributed by atoms with van der Waals surface area (Å²) in [7, 11) is 1.87. The Labute approximate surface area is 126 Å². The van der Waals surface area contributed by atoms with Gasteiger partial charge in [-0.2, -0.15) is 0 Å². The summed E-state index contributed by atoms with van der Waals surface area (Å²) in [5.74, 6) is 1.79. The van der Waals surface area contributed by atoms with E-state index in [0.29, 0.717) is 19.8 Å². The minimum absolute atomic E-state index is 0.196. The number of unbranched alkanes of at least 4 members (excludes halogenated alkanes) is 1. The highest BCUT2D eigenvalue weighted by atomic mass is 16.7. The van der Waals surface area contributed by atoms with Gasteiger partial charge in [0.25, 0.3) is 0 Å². The van der Waals surface area contributed by atoms with Gasteiger partial charge in [-0.15, -0.1) is 0 Å². The van der Waals surface area contributed by atoms with E-state index >= 15 is 0 Å². The lowest BCUT2D eigenvalue weighted by Crippen LogP contribution is -2.30. The van der Waals surface area contributed by atoms with E-state index in [1.807, 2.05) is 30.1 Å². The van der Waals surface area contributed by atoms with Crippen LogP contribution < -0.4 is 14.8 Å². The molecule has 0 spiro atoms. The predicted molar refractivity (Wildman–Crippen MR) is 81.4 cm³/mol. The van der Waals surface area contributed by atoms with Crippen molar-refractivity contribution in [1.82, 2.24) is 10.2 Å². The van der Waals surface area contributed by atoms with Crippen molar-refractivity contribution in [2.75, 3.05) is 26.9 Å². The number of rotatable bonds is 8. The molecule has 0 fully saturated rings. The van der Waals surface area contributed by atoms with Crippen LogP contribution in [0.25, 0.3) is 0 Å². The third-order valence-electron chi connectivity index (χ3n) is 3.55. The molecule has 2 rings (SSSR count). The molecule has 0 bridgehead atoms. The second-order valence-corrected chi connectivity index (χ2v) is 5.28. The number of nitrogens with one attached hydrogen (secondary N) is 1. The maximum atomic E-state index is 11.9. The summed E-state index contributed by atoms with van der Waals surface area (Å²) in [6.45, 7) is 4.68. The number of carbonyl (C=O) groups is 1. The van der Waals surface area contributed by atoms with Crippen molar-refractivity contribution in [3.05, 3.63) is 23.8 Å². The van der Waals surface area contributed by atoms with Crippen LogP contribution in [-0.2, 0) is 11.3 Å². The number of hydrogen-bond acceptors (Lipinski definition) is 4. The molecular formula is C16H24N2O3. The Hall–Kier alpha value is -1.75. The monoisotopic (exact) mass is 292 g/mol. The van der Waals surface area contributed by atoms with Gasteiger partial charge >= 0.3 is 0 Å². The van der Waals surface area contributed by atoms with E-state index in [9.17, 15) is 4.79 Å². The van der Waals surface area contributed by atoms with E-state index in [1.165, 1.54) is 0 Å². The van der Waals surface area contributed by atoms with Crippen LogP contribution in [-0.4, -0.2) is 37.7 Å². The molecule has 1 N–H and O–H groups in total. The van der Waals surface area contributed by atoms with Gasteiger partial charge in [0.2, 0.25) is 12.7 Å². The van der Waals surface area contributed by atoms with Crippen LogP contribution in [0.15, 0.2) is 18.2 Å². The van der Waals surface area contributed by atoms with Gasteiger partial charge < -0.3 is 19.7 Å². The summed E-state index contributed by atoms with van der Waals surface area (Å²) < 4.78 is 10.6. The standard InChI is InChI=1S/C16H24N2O3/c1-3-4-9-18(2)16(19)7-8-17-11-13-5-6-14-15(10-13)21-12-20-14/h5-6,10,17H,3-4,7-9,11-12H2,1-2H3. The van der Waals surface area contributed by atoms with Crippen LogP contribution in [0, 0.1) is 0 Å². The summed E-state index contributed by atoms with van der Waals surface area (Å²) in [6.07, 6.45) is 2.71. The average molecular weight is 292 g/mol. The number of nitrogens with zero attached hydrogens (tertiary/aromatic N) is 1. The van der Waals surface area contributed by atoms with Crippen LogP contribution in [0.1, 0.15) is 31.7 Å². The number of benzene rings is 1. The van der Waals surface area contributed by atoms with Crippen molar-refractivity contribution in [2.24, 2.45) is 0 Å². The molecule has 1 aliphatic heterocycles. The molecule has 0 aliphatic carbocycles. The summed E-state index contributed by atoms with van der Waals surface area (Å²) in [6, 6.07) is 5.91. The zero-order valence-electron chi connectivity index (χ0n) is 12.9. The van der Waals surface area contributed by atoms with Gasteiger partial charge in [0.15, 0.2) is 11.5 Å². The van der Waals surface area contributed by atoms with E-state index in [1.54, 1.807) is 0 Å². The number of ether oxygens (including phenoxy) is 2. The molecule has 0 atom stereocenters. The lowest BCUT2D eigenvalue weighted by molar-refractivity contribution is -0.129. The van der Waals surface area contributed by atoms with E-state index in [4.69, 9.17) is 9.47 Å². The highest BCUT2D eigenvalue weighted by Gasteiger charge is 2.13. The minimum Gasteiger partial charge on any atom is -0.454 e. The number of fused-ring (bicyclic) bond motifs is 1. The summed E-state index contributed by atoms with van der Waals surface area (Å²) >= 11 is 0. The van der Waals surface area contributed by atoms with Crippen LogP contribution >= 0.6 is 0 Å². The van der Waals surface area contributed by atoms with Crippen molar-refractivity contribution in [3.8, 4) is 11.5 Å². The fourth-order valence-electron chi connectivity index (χ4n) is 2.19. The average Bonchev–Trinajstić information content (AvgIpc) is 2.96. The first-order chi connectivity index (χ1) is 10.2. The van der Waals surface area contributed by atoms with Crippen molar-refractivity contribution < 1.29 is 14.3 Å². The molecule has 0 radical (unpaired) electrons. The maximum Gasteiger partial charge on any atom is 0.231 e. The first-order valence-corrected chi connectivity index (χ1v) is 7.54. The summed E-state index contributed by atoms with van der Waals surface area (Å²) in [5, 5.41) is 3.29. The molecule has 0 saturated heterocycles. The van der Waals surface area contributed by atoms with Gasteiger partial charge in [0.05, 0.1) is 0 Å². The Morgan fingerprint density at radius 1 is 1.33 bits per heavy atom. The van der Waals surface area contributed by atoms with Crippen molar-refractivity contribution in [2.45, 2.75) is 32.7 Å². The van der Waals surface area contributed by atoms with Crippen LogP contribution in [0.2, 0.25) is 0 Å². The van der Waals surface area contributed by atoms with Gasteiger partial charge in [-0.05, 0) is 24.1 Å². The third kappa shape index (κ3) is 4.63. The molecule has 1 aliphatic rings. The zero-order chi connectivity index (χ0) is 15.1. The summed E-state index contributed by atoms with van der Waals surface area (Å²) in [4.78, 5) is 13.7. The molecule has 0 saturated carbocycles. The van der Waals surface area contributed by atoms with Crippen molar-refractivity contribution in [1.29, 1.82) is 0 Å². The highest BCUT2D eigenvalue weighted by Crippen LogP contribution is 2.32. The van der Waals surface area contributed by atoms with Crippen LogP contribution in [0.5, 0.6) is 11.5 Å². The van der Waals surface area contributed by atoms with Gasteiger partial charge in [0.1, 0.15) is 0 Å². The first kappa shape index (κ1) is 15.6. The number of hydrogen-bond donors (Lipinski definition) is 1. The topological polar surface area (TPSA) is 50.8 Å². The van der Waals surface area contributed by atoms with Crippen molar-refractivity contribution in [3.63, 3.8) is 0 Å². The molecule has 5 nitrogen and oxygen atoms in total. The van der Waals surface area contributed by atoms with Gasteiger partial charge in [-0.3, -0.25) is 4.79 Å². The fourth-order valence-corrected chi connectivity index (χ4v) is 2.19.